The van der Waals surface area contributed by atoms with E-state index in [-0.39, 0.29) is 16.7 Å². The fraction of sp³-hybridized carbons (Fsp3) is 0.409. The Morgan fingerprint density at radius 3 is 3.00 bits per heavy atom. The monoisotopic (exact) mass is 425 g/mol. The van der Waals surface area contributed by atoms with Gasteiger partial charge in [-0.05, 0) is 56.2 Å². The van der Waals surface area contributed by atoms with Gasteiger partial charge in [-0.1, -0.05) is 18.2 Å². The van der Waals surface area contributed by atoms with Crippen molar-refractivity contribution in [2.24, 2.45) is 0 Å². The number of carbonyl (C=O) groups is 1. The Balaban J connectivity index is 1.32. The van der Waals surface area contributed by atoms with Crippen molar-refractivity contribution in [3.63, 3.8) is 0 Å². The summed E-state index contributed by atoms with van der Waals surface area (Å²) in [6.45, 7) is 2.68. The van der Waals surface area contributed by atoms with E-state index in [1.807, 2.05) is 30.0 Å². The van der Waals surface area contributed by atoms with E-state index in [0.717, 1.165) is 48.1 Å². The molecule has 0 spiro atoms. The maximum atomic E-state index is 13.0. The zero-order valence-electron chi connectivity index (χ0n) is 16.4. The second-order valence-corrected chi connectivity index (χ2v) is 10.1. The Labute approximate surface area is 177 Å². The van der Waals surface area contributed by atoms with Crippen LogP contribution in [0.2, 0.25) is 0 Å². The molecule has 1 aliphatic carbocycles. The highest BCUT2D eigenvalue weighted by molar-refractivity contribution is 7.99. The van der Waals surface area contributed by atoms with E-state index in [9.17, 15) is 9.59 Å². The van der Waals surface area contributed by atoms with Gasteiger partial charge in [0.05, 0.1) is 16.4 Å². The zero-order valence-corrected chi connectivity index (χ0v) is 18.0. The van der Waals surface area contributed by atoms with Gasteiger partial charge in [0.15, 0.2) is 0 Å². The van der Waals surface area contributed by atoms with Crippen LogP contribution >= 0.6 is 23.1 Å². The molecule has 1 aliphatic heterocycles. The van der Waals surface area contributed by atoms with E-state index in [1.54, 1.807) is 11.3 Å². The first-order valence-corrected chi connectivity index (χ1v) is 12.0. The third-order valence-electron chi connectivity index (χ3n) is 5.85. The van der Waals surface area contributed by atoms with Gasteiger partial charge in [0, 0.05) is 17.1 Å². The average Bonchev–Trinajstić information content (AvgIpc) is 3.33. The molecule has 0 bridgehead atoms. The number of carbonyl (C=O) groups excluding carboxylic acids is 1. The topological polar surface area (TPSA) is 66.1 Å². The molecule has 0 saturated carbocycles. The standard InChI is InChI=1S/C22H23N3O2S2/c1-13(22(27)25-11-10-14-6-2-4-8-16(14)25)28-12-18-23-20(26)19-15-7-3-5-9-17(15)29-21(19)24-18/h2,4,6,8,13H,3,5,7,9-12H2,1H3,(H,23,24,26). The molecule has 7 heteroatoms. The van der Waals surface area contributed by atoms with Gasteiger partial charge in [0.2, 0.25) is 5.91 Å². The number of hydrogen-bond donors (Lipinski definition) is 1. The molecule has 0 saturated heterocycles. The van der Waals surface area contributed by atoms with Crippen LogP contribution in [-0.4, -0.2) is 27.7 Å². The smallest absolute Gasteiger partial charge is 0.259 e. The van der Waals surface area contributed by atoms with E-state index in [0.29, 0.717) is 11.6 Å². The lowest BCUT2D eigenvalue weighted by atomic mass is 9.97. The first-order valence-electron chi connectivity index (χ1n) is 10.2. The molecule has 29 heavy (non-hydrogen) atoms. The number of thiophene rings is 1. The van der Waals surface area contributed by atoms with Crippen LogP contribution < -0.4 is 10.5 Å². The van der Waals surface area contributed by atoms with Crippen LogP contribution in [0.25, 0.3) is 10.2 Å². The molecular formula is C22H23N3O2S2. The second-order valence-electron chi connectivity index (χ2n) is 7.73. The predicted molar refractivity (Wildman–Crippen MR) is 120 cm³/mol. The van der Waals surface area contributed by atoms with Crippen molar-refractivity contribution in [2.45, 2.75) is 50.0 Å². The normalized spacial score (nSPS) is 16.7. The van der Waals surface area contributed by atoms with Crippen LogP contribution in [0.3, 0.4) is 0 Å². The second kappa shape index (κ2) is 7.61. The summed E-state index contributed by atoms with van der Waals surface area (Å²) in [6, 6.07) is 8.10. The molecule has 1 unspecified atom stereocenters. The summed E-state index contributed by atoms with van der Waals surface area (Å²) in [4.78, 5) is 37.4. The Bertz CT molecular complexity index is 1150. The molecule has 3 aromatic rings. The van der Waals surface area contributed by atoms with Crippen molar-refractivity contribution in [3.05, 3.63) is 56.4 Å². The summed E-state index contributed by atoms with van der Waals surface area (Å²) in [7, 11) is 0. The van der Waals surface area contributed by atoms with Crippen LogP contribution in [0.4, 0.5) is 5.69 Å². The molecule has 5 nitrogen and oxygen atoms in total. The van der Waals surface area contributed by atoms with Gasteiger partial charge in [0.1, 0.15) is 10.7 Å². The van der Waals surface area contributed by atoms with E-state index < -0.39 is 0 Å². The number of aromatic nitrogens is 2. The number of aromatic amines is 1. The zero-order chi connectivity index (χ0) is 20.0. The van der Waals surface area contributed by atoms with Crippen molar-refractivity contribution in [1.82, 2.24) is 9.97 Å². The molecule has 1 N–H and O–H groups in total. The highest BCUT2D eigenvalue weighted by atomic mass is 32.2. The summed E-state index contributed by atoms with van der Waals surface area (Å²) in [6.07, 6.45) is 5.29. The minimum atomic E-state index is -0.196. The van der Waals surface area contributed by atoms with E-state index >= 15 is 0 Å². The first-order chi connectivity index (χ1) is 14.1. The van der Waals surface area contributed by atoms with E-state index in [1.165, 1.54) is 34.2 Å². The number of aryl methyl sites for hydroxylation is 2. The van der Waals surface area contributed by atoms with E-state index in [4.69, 9.17) is 4.98 Å². The van der Waals surface area contributed by atoms with Crippen LogP contribution in [0.5, 0.6) is 0 Å². The number of benzene rings is 1. The molecular weight excluding hydrogens is 402 g/mol. The van der Waals surface area contributed by atoms with Crippen LogP contribution in [0.1, 0.15) is 41.6 Å². The molecule has 1 aromatic carbocycles. The van der Waals surface area contributed by atoms with Crippen LogP contribution in [0.15, 0.2) is 29.1 Å². The largest absolute Gasteiger partial charge is 0.311 e. The van der Waals surface area contributed by atoms with Gasteiger partial charge < -0.3 is 9.88 Å². The number of amides is 1. The molecule has 0 radical (unpaired) electrons. The number of para-hydroxylation sites is 1. The van der Waals surface area contributed by atoms with Crippen LogP contribution in [0, 0.1) is 0 Å². The first kappa shape index (κ1) is 18.9. The highest BCUT2D eigenvalue weighted by Gasteiger charge is 2.28. The van der Waals surface area contributed by atoms with E-state index in [2.05, 4.69) is 11.1 Å². The van der Waals surface area contributed by atoms with Crippen LogP contribution in [-0.2, 0) is 29.8 Å². The van der Waals surface area contributed by atoms with Crippen molar-refractivity contribution >= 4 is 44.9 Å². The average molecular weight is 426 g/mol. The summed E-state index contributed by atoms with van der Waals surface area (Å²) in [5, 5.41) is 0.593. The van der Waals surface area contributed by atoms with Gasteiger partial charge in [-0.25, -0.2) is 4.98 Å². The molecule has 5 rings (SSSR count). The van der Waals surface area contributed by atoms with Gasteiger partial charge in [-0.2, -0.15) is 0 Å². The number of anilines is 1. The fourth-order valence-electron chi connectivity index (χ4n) is 4.34. The minimum absolute atomic E-state index is 0.0301. The maximum absolute atomic E-state index is 13.0. The predicted octanol–water partition coefficient (Wildman–Crippen LogP) is 4.07. The number of fused-ring (bicyclic) bond motifs is 4. The lowest BCUT2D eigenvalue weighted by Crippen LogP contribution is -2.35. The number of rotatable bonds is 4. The molecule has 150 valence electrons. The van der Waals surface area contributed by atoms with Gasteiger partial charge in [-0.3, -0.25) is 9.59 Å². The van der Waals surface area contributed by atoms with Crippen molar-refractivity contribution in [1.29, 1.82) is 0 Å². The molecule has 3 heterocycles. The van der Waals surface area contributed by atoms with Gasteiger partial charge in [0.25, 0.3) is 5.56 Å². The molecule has 2 aromatic heterocycles. The Hall–Kier alpha value is -2.12. The minimum Gasteiger partial charge on any atom is -0.311 e. The number of nitrogens with zero attached hydrogens (tertiary/aromatic N) is 2. The third kappa shape index (κ3) is 3.40. The summed E-state index contributed by atoms with van der Waals surface area (Å²) in [5.74, 6) is 1.30. The third-order valence-corrected chi connectivity index (χ3v) is 8.17. The SMILES string of the molecule is CC(SCc1nc2sc3c(c2c(=O)[nH]1)CCCC3)C(=O)N1CCc2ccccc21. The number of hydrogen-bond acceptors (Lipinski definition) is 5. The molecule has 1 amide bonds. The molecule has 0 fully saturated rings. The highest BCUT2D eigenvalue weighted by Crippen LogP contribution is 2.34. The molecule has 1 atom stereocenters. The van der Waals surface area contributed by atoms with Gasteiger partial charge >= 0.3 is 0 Å². The lowest BCUT2D eigenvalue weighted by Gasteiger charge is -2.21. The summed E-state index contributed by atoms with van der Waals surface area (Å²) >= 11 is 3.20. The lowest BCUT2D eigenvalue weighted by molar-refractivity contribution is -0.117. The molecule has 2 aliphatic rings. The Kier molecular flexibility index (Phi) is 4.95. The fourth-order valence-corrected chi connectivity index (χ4v) is 6.43. The Morgan fingerprint density at radius 2 is 2.10 bits per heavy atom. The van der Waals surface area contributed by atoms with Crippen molar-refractivity contribution < 1.29 is 4.79 Å². The quantitative estimate of drug-likeness (QED) is 0.684. The number of nitrogens with one attached hydrogen (secondary N) is 1. The number of thioether (sulfide) groups is 1. The maximum Gasteiger partial charge on any atom is 0.259 e. The summed E-state index contributed by atoms with van der Waals surface area (Å²) < 4.78 is 0. The summed E-state index contributed by atoms with van der Waals surface area (Å²) in [5.41, 5.74) is 3.44. The van der Waals surface area contributed by atoms with Crippen molar-refractivity contribution in [2.75, 3.05) is 11.4 Å². The number of H-pyrrole nitrogens is 1. The van der Waals surface area contributed by atoms with Gasteiger partial charge in [-0.15, -0.1) is 23.1 Å². The Morgan fingerprint density at radius 1 is 1.28 bits per heavy atom. The van der Waals surface area contributed by atoms with Crippen molar-refractivity contribution in [3.8, 4) is 0 Å².